The minimum Gasteiger partial charge on any atom is -0.507 e. The van der Waals surface area contributed by atoms with Gasteiger partial charge in [-0.05, 0) is 25.1 Å². The van der Waals surface area contributed by atoms with Crippen LogP contribution in [0.15, 0.2) is 33.5 Å². The van der Waals surface area contributed by atoms with E-state index in [9.17, 15) is 55.9 Å². The molecule has 10 atom stereocenters. The van der Waals surface area contributed by atoms with Gasteiger partial charge >= 0.3 is 0 Å². The summed E-state index contributed by atoms with van der Waals surface area (Å²) in [5.41, 5.74) is -1.75. The summed E-state index contributed by atoms with van der Waals surface area (Å²) in [7, 11) is 1.16. The van der Waals surface area contributed by atoms with Gasteiger partial charge < -0.3 is 79.2 Å². The molecule has 2 fully saturated rings. The summed E-state index contributed by atoms with van der Waals surface area (Å²) in [6, 6.07) is 4.21. The summed E-state index contributed by atoms with van der Waals surface area (Å²) >= 11 is 0. The molecule has 5 rings (SSSR count). The average molecular weight is 641 g/mol. The van der Waals surface area contributed by atoms with E-state index in [2.05, 4.69) is 0 Å². The van der Waals surface area contributed by atoms with E-state index in [4.69, 9.17) is 28.1 Å². The molecule has 1 aromatic heterocycles. The molecule has 0 radical (unpaired) electrons. The highest BCUT2D eigenvalue weighted by Crippen LogP contribution is 2.45. The van der Waals surface area contributed by atoms with Crippen LogP contribution in [0.2, 0.25) is 0 Å². The van der Waals surface area contributed by atoms with E-state index in [1.165, 1.54) is 13.0 Å². The van der Waals surface area contributed by atoms with Crippen LogP contribution in [0.1, 0.15) is 6.92 Å². The van der Waals surface area contributed by atoms with Crippen molar-refractivity contribution in [1.29, 1.82) is 0 Å². The fourth-order valence-corrected chi connectivity index (χ4v) is 5.02. The van der Waals surface area contributed by atoms with Gasteiger partial charge in [0.05, 0.1) is 19.8 Å². The van der Waals surface area contributed by atoms with Crippen molar-refractivity contribution < 1.29 is 79.2 Å². The lowest BCUT2D eigenvalue weighted by atomic mass is 9.99. The Labute approximate surface area is 252 Å². The molecule has 2 aromatic carbocycles. The van der Waals surface area contributed by atoms with Gasteiger partial charge in [0.2, 0.25) is 29.5 Å². The van der Waals surface area contributed by atoms with E-state index in [1.54, 1.807) is 0 Å². The molecular formula is C28H32O17. The van der Waals surface area contributed by atoms with Crippen LogP contribution in [-0.4, -0.2) is 126 Å². The summed E-state index contributed by atoms with van der Waals surface area (Å²) in [5.74, 6) is -3.85. The first kappa shape index (κ1) is 32.5. The minimum absolute atomic E-state index is 0.0978. The normalized spacial score (nSPS) is 31.9. The largest absolute Gasteiger partial charge is 0.507 e. The number of rotatable bonds is 7. The Bertz CT molecular complexity index is 1600. The van der Waals surface area contributed by atoms with Gasteiger partial charge in [-0.2, -0.15) is 0 Å². The lowest BCUT2D eigenvalue weighted by molar-refractivity contribution is -0.277. The minimum atomic E-state index is -1.90. The quantitative estimate of drug-likeness (QED) is 0.125. The molecule has 0 amide bonds. The van der Waals surface area contributed by atoms with Crippen molar-refractivity contribution in [3.63, 3.8) is 0 Å². The molecule has 17 heteroatoms. The van der Waals surface area contributed by atoms with Crippen molar-refractivity contribution in [2.45, 2.75) is 68.3 Å². The maximum Gasteiger partial charge on any atom is 0.239 e. The highest BCUT2D eigenvalue weighted by atomic mass is 16.7. The number of hydrogen-bond donors (Lipinski definition) is 10. The van der Waals surface area contributed by atoms with Gasteiger partial charge in [0, 0.05) is 11.6 Å². The molecule has 10 N–H and O–H groups in total. The van der Waals surface area contributed by atoms with Gasteiger partial charge in [0.25, 0.3) is 0 Å². The zero-order valence-electron chi connectivity index (χ0n) is 23.6. The molecule has 246 valence electrons. The van der Waals surface area contributed by atoms with Crippen molar-refractivity contribution in [1.82, 2.24) is 0 Å². The summed E-state index contributed by atoms with van der Waals surface area (Å²) in [6.07, 6.45) is -16.6. The Morgan fingerprint density at radius 2 is 1.38 bits per heavy atom. The summed E-state index contributed by atoms with van der Waals surface area (Å²) < 4.78 is 33.6. The monoisotopic (exact) mass is 640 g/mol. The lowest BCUT2D eigenvalue weighted by Crippen LogP contribution is -2.60. The van der Waals surface area contributed by atoms with Crippen LogP contribution in [0.25, 0.3) is 22.3 Å². The number of ether oxygens (including phenoxy) is 5. The van der Waals surface area contributed by atoms with Gasteiger partial charge in [-0.15, -0.1) is 0 Å². The van der Waals surface area contributed by atoms with E-state index in [0.717, 1.165) is 25.3 Å². The number of phenols is 3. The number of aliphatic hydroxyl groups excluding tert-OH is 7. The Kier molecular flexibility index (Phi) is 9.00. The average Bonchev–Trinajstić information content (AvgIpc) is 3.02. The van der Waals surface area contributed by atoms with E-state index < -0.39 is 119 Å². The third kappa shape index (κ3) is 5.69. The number of benzene rings is 2. The van der Waals surface area contributed by atoms with E-state index in [0.29, 0.717) is 0 Å². The molecule has 0 spiro atoms. The first-order valence-corrected chi connectivity index (χ1v) is 13.6. The van der Waals surface area contributed by atoms with E-state index >= 15 is 0 Å². The molecular weight excluding hydrogens is 608 g/mol. The molecule has 2 saturated heterocycles. The first-order chi connectivity index (χ1) is 21.3. The van der Waals surface area contributed by atoms with Crippen LogP contribution < -0.4 is 19.6 Å². The highest BCUT2D eigenvalue weighted by Gasteiger charge is 2.46. The molecule has 2 aliphatic rings. The Morgan fingerprint density at radius 3 is 2.00 bits per heavy atom. The molecule has 2 aliphatic heterocycles. The van der Waals surface area contributed by atoms with Crippen LogP contribution in [-0.2, 0) is 9.47 Å². The third-order valence-corrected chi connectivity index (χ3v) is 7.61. The fraction of sp³-hybridized carbons (Fsp3) is 0.464. The summed E-state index contributed by atoms with van der Waals surface area (Å²) in [6.45, 7) is 0.598. The number of hydrogen-bond acceptors (Lipinski definition) is 17. The third-order valence-electron chi connectivity index (χ3n) is 7.61. The summed E-state index contributed by atoms with van der Waals surface area (Å²) in [4.78, 5) is 14.0. The Hall–Kier alpha value is -3.91. The lowest BCUT2D eigenvalue weighted by Gasteiger charge is -2.39. The van der Waals surface area contributed by atoms with Crippen LogP contribution >= 0.6 is 0 Å². The molecule has 0 saturated carbocycles. The second-order valence-corrected chi connectivity index (χ2v) is 10.5. The van der Waals surface area contributed by atoms with Crippen molar-refractivity contribution in [2.24, 2.45) is 0 Å². The van der Waals surface area contributed by atoms with Crippen molar-refractivity contribution in [3.8, 4) is 45.8 Å². The smallest absolute Gasteiger partial charge is 0.239 e. The predicted molar refractivity (Wildman–Crippen MR) is 147 cm³/mol. The topological polar surface area (TPSA) is 279 Å². The molecule has 0 aliphatic carbocycles. The van der Waals surface area contributed by atoms with Crippen LogP contribution in [0.5, 0.6) is 34.5 Å². The predicted octanol–water partition coefficient (Wildman–Crippen LogP) is -2.03. The fourth-order valence-electron chi connectivity index (χ4n) is 5.02. The van der Waals surface area contributed by atoms with Gasteiger partial charge in [-0.3, -0.25) is 4.79 Å². The number of fused-ring (bicyclic) bond motifs is 1. The van der Waals surface area contributed by atoms with Gasteiger partial charge in [0.15, 0.2) is 28.6 Å². The van der Waals surface area contributed by atoms with Gasteiger partial charge in [0.1, 0.15) is 53.9 Å². The van der Waals surface area contributed by atoms with Crippen molar-refractivity contribution in [3.05, 3.63) is 34.5 Å². The van der Waals surface area contributed by atoms with Gasteiger partial charge in [-0.25, -0.2) is 0 Å². The van der Waals surface area contributed by atoms with Crippen LogP contribution in [0, 0.1) is 0 Å². The molecule has 0 bridgehead atoms. The number of aromatic hydroxyl groups is 3. The molecule has 0 unspecified atom stereocenters. The van der Waals surface area contributed by atoms with Crippen molar-refractivity contribution >= 4 is 11.0 Å². The number of phenolic OH excluding ortho intramolecular Hbond substituents is 3. The highest BCUT2D eigenvalue weighted by molar-refractivity contribution is 5.93. The zero-order valence-corrected chi connectivity index (χ0v) is 23.6. The first-order valence-electron chi connectivity index (χ1n) is 13.6. The van der Waals surface area contributed by atoms with Crippen molar-refractivity contribution in [2.75, 3.05) is 13.7 Å². The number of methoxy groups -OCH3 is 1. The summed E-state index contributed by atoms with van der Waals surface area (Å²) in [5, 5.41) is 102. The molecule has 17 nitrogen and oxygen atoms in total. The van der Waals surface area contributed by atoms with E-state index in [1.807, 2.05) is 0 Å². The second-order valence-electron chi connectivity index (χ2n) is 10.5. The SMILES string of the molecule is COc1cc(O)c2c(=O)c(O[C@@H]3O[C@@H](C)[C@H](O)[C@H](O)[C@@H]3O)c(-c3ccc(O)c(O)c3)oc2c1O[C@H]1O[C@@H](CO)[C@H](O)[C@H](O)[C@@H]1O. The van der Waals surface area contributed by atoms with Gasteiger partial charge in [-0.1, -0.05) is 0 Å². The second kappa shape index (κ2) is 12.5. The van der Waals surface area contributed by atoms with Crippen LogP contribution in [0.4, 0.5) is 0 Å². The Balaban J connectivity index is 1.72. The van der Waals surface area contributed by atoms with E-state index in [-0.39, 0.29) is 11.3 Å². The maximum atomic E-state index is 14.0. The maximum absolute atomic E-state index is 14.0. The zero-order chi connectivity index (χ0) is 32.9. The van der Waals surface area contributed by atoms with Crippen LogP contribution in [0.3, 0.4) is 0 Å². The Morgan fingerprint density at radius 1 is 0.756 bits per heavy atom. The molecule has 3 heterocycles. The number of aliphatic hydroxyl groups is 7. The standard InChI is InChI=1S/C28H32O17/c1-8-16(33)19(36)21(38)27(41-8)45-26-18(35)15-12(32)6-13(40-2)24(44-28-22(39)20(37)17(34)14(7-29)42-28)25(15)43-23(26)9-3-4-10(30)11(31)5-9/h3-6,8,14,16-17,19-22,27-34,36-39H,7H2,1-2H3/t8-,14-,16-,17-,19-,20-,21-,22-,27-,28+/m0/s1. The molecule has 3 aromatic rings. The molecule has 45 heavy (non-hydrogen) atoms.